The average Bonchev–Trinajstić information content (AvgIpc) is 0.921. The Balaban J connectivity index is 0.000000109. The number of phenols is 2. The van der Waals surface area contributed by atoms with Crippen LogP contribution < -0.4 is 38.5 Å². The molecule has 8 aromatic carbocycles. The van der Waals surface area contributed by atoms with Crippen LogP contribution in [0.5, 0.6) is 35.5 Å². The van der Waals surface area contributed by atoms with Crippen molar-refractivity contribution in [3.05, 3.63) is 206 Å². The van der Waals surface area contributed by atoms with Gasteiger partial charge in [0.15, 0.2) is 23.3 Å². The molecule has 0 spiro atoms. The van der Waals surface area contributed by atoms with Gasteiger partial charge in [0.1, 0.15) is 111 Å². The van der Waals surface area contributed by atoms with E-state index in [0.717, 1.165) is 134 Å². The van der Waals surface area contributed by atoms with Gasteiger partial charge in [-0.2, -0.15) is 39.9 Å². The lowest BCUT2D eigenvalue weighted by atomic mass is 9.98. The van der Waals surface area contributed by atoms with Crippen molar-refractivity contribution in [2.75, 3.05) is 160 Å². The molecule has 8 bridgehead atoms. The third-order valence-corrected chi connectivity index (χ3v) is 32.4. The molecule has 0 radical (unpaired) electrons. The molecule has 26 rings (SSSR count). The standard InChI is InChI=1S/C30H31F2N5O.C30H32FN5O.C29H32FN5O2.C28H30FN5O2/c1-36-11-3-5-22(36)17-38-30-34-28-25(29(35-30)37-15-18-7-8-19(12-18)16-37)14-33-27(26(28)32)23-6-2-4-20-9-10-21(31)13-24(20)23;1-35-13-5-8-22(35)18-37-30-33-28-25(29(34-30)36-16-19-11-12-20(14-19)17-36)15-32-27(26(28)31)24-10-4-7-21-6-2-3-9-23(21)24;1-17(14-34(2)3)37-29-32-27-24(28(33-29)35-15-18-8-9-19(10-18)16-35)13-31-26(25(27)30)23-12-21(36)11-20-6-4-5-7-22(20)23;1-33(2)9-10-36-28-31-26-23(27(32-28)34-15-17-7-8-18(11-17)16-34)14-30-25(24(26)29)22-13-20(35)12-19-5-3-4-6-21(19)22/h2,4,6,9-10,13-14,18-19,22H,3,5,7-8,11-12,15-17H2,1H3;2-4,6-7,9-10,15,19-20,22H,5,8,11-14,16-18H2,1H3;4-7,11-13,17-19,36H,8-10,14-16H2,1-3H3;3-6,12-14,17-18,35H,7-11,15-16H2,1-2H3/t18?,19?,22-;19?,20?,22-;17-,18?,19?;/m001./s1. The van der Waals surface area contributed by atoms with Crippen molar-refractivity contribution >= 4 is 110 Å². The fourth-order valence-electron chi connectivity index (χ4n) is 25.2. The van der Waals surface area contributed by atoms with Gasteiger partial charge in [0.2, 0.25) is 0 Å². The van der Waals surface area contributed by atoms with Crippen molar-refractivity contribution in [2.45, 2.75) is 128 Å². The van der Waals surface area contributed by atoms with Crippen LogP contribution in [0.4, 0.5) is 45.2 Å². The lowest BCUT2D eigenvalue weighted by Crippen LogP contribution is -2.37. The molecule has 8 aromatic heterocycles. The summed E-state index contributed by atoms with van der Waals surface area (Å²) in [5, 5.41) is 29.8. The molecule has 16 aromatic rings. The first-order chi connectivity index (χ1) is 72.0. The summed E-state index contributed by atoms with van der Waals surface area (Å²) in [6, 6.07) is 47.0. The van der Waals surface area contributed by atoms with E-state index in [-0.39, 0.29) is 86.6 Å². The number of aromatic hydroxyl groups is 2. The Kier molecular flexibility index (Phi) is 27.5. The zero-order chi connectivity index (χ0) is 101. The maximum absolute atomic E-state index is 16.4. The highest BCUT2D eigenvalue weighted by atomic mass is 19.1. The van der Waals surface area contributed by atoms with Crippen LogP contribution in [0.15, 0.2) is 176 Å². The van der Waals surface area contributed by atoms with Gasteiger partial charge >= 0.3 is 24.0 Å². The summed E-state index contributed by atoms with van der Waals surface area (Å²) in [5.74, 6) is 5.72. The fraction of sp³-hybridized carbons (Fsp3) is 0.419. The molecule has 2 N–H and O–H groups in total. The first-order valence-corrected chi connectivity index (χ1v) is 52.8. The molecule has 10 aliphatic rings. The Bertz CT molecular complexity index is 7650. The van der Waals surface area contributed by atoms with Crippen LogP contribution in [-0.4, -0.2) is 248 Å². The predicted molar refractivity (Wildman–Crippen MR) is 571 cm³/mol. The number of fused-ring (bicyclic) bond motifs is 16. The Labute approximate surface area is 857 Å². The molecule has 11 atom stereocenters. The molecule has 4 saturated carbocycles. The second kappa shape index (κ2) is 41.8. The highest BCUT2D eigenvalue weighted by Crippen LogP contribution is 2.49. The third kappa shape index (κ3) is 20.1. The molecule has 6 aliphatic heterocycles. The molecular formula is C117H125F5N20O6. The monoisotopic (exact) mass is 2000 g/mol. The van der Waals surface area contributed by atoms with Crippen molar-refractivity contribution in [1.29, 1.82) is 0 Å². The van der Waals surface area contributed by atoms with Crippen LogP contribution in [0.3, 0.4) is 0 Å². The lowest BCUT2D eigenvalue weighted by Gasteiger charge is -2.33. The van der Waals surface area contributed by atoms with Crippen LogP contribution in [0.1, 0.15) is 110 Å². The smallest absolute Gasteiger partial charge is 0.319 e. The predicted octanol–water partition coefficient (Wildman–Crippen LogP) is 21.6. The van der Waals surface area contributed by atoms with E-state index in [1.54, 1.807) is 61.2 Å². The van der Waals surface area contributed by atoms with E-state index in [4.69, 9.17) is 38.9 Å². The van der Waals surface area contributed by atoms with E-state index >= 15 is 17.6 Å². The van der Waals surface area contributed by atoms with Crippen LogP contribution >= 0.6 is 0 Å². The minimum absolute atomic E-state index is 0.0590. The number of phenolic OH excluding ortho intramolecular Hbond substituents is 2. The number of hydrogen-bond donors (Lipinski definition) is 2. The number of aromatic nitrogens is 12. The second-order valence-electron chi connectivity index (χ2n) is 43.5. The fourth-order valence-corrected chi connectivity index (χ4v) is 25.2. The molecular weight excluding hydrogens is 1880 g/mol. The Morgan fingerprint density at radius 1 is 0.345 bits per heavy atom. The van der Waals surface area contributed by atoms with Gasteiger partial charge in [0.25, 0.3) is 0 Å². The van der Waals surface area contributed by atoms with Crippen molar-refractivity contribution in [2.24, 2.45) is 47.3 Å². The molecule has 8 unspecified atom stereocenters. The number of likely N-dealkylation sites (tertiary alicyclic amines) is 2. The van der Waals surface area contributed by atoms with E-state index in [1.165, 1.54) is 95.6 Å². The van der Waals surface area contributed by atoms with Crippen LogP contribution in [-0.2, 0) is 0 Å². The number of pyridine rings is 4. The summed E-state index contributed by atoms with van der Waals surface area (Å²) >= 11 is 0. The van der Waals surface area contributed by atoms with E-state index in [9.17, 15) is 14.6 Å². The van der Waals surface area contributed by atoms with E-state index < -0.39 is 23.3 Å². The summed E-state index contributed by atoms with van der Waals surface area (Å²) in [5.41, 5.74) is 3.97. The number of nitrogens with zero attached hydrogens (tertiary/aromatic N) is 20. The number of ether oxygens (including phenoxy) is 4. The summed E-state index contributed by atoms with van der Waals surface area (Å²) in [4.78, 5) is 73.7. The molecule has 10 fully saturated rings. The van der Waals surface area contributed by atoms with Crippen molar-refractivity contribution in [1.82, 2.24) is 79.4 Å². The van der Waals surface area contributed by atoms with Gasteiger partial charge in [-0.3, -0.25) is 19.9 Å². The number of likely N-dealkylation sites (N-methyl/N-ethyl adjacent to an activating group) is 4. The van der Waals surface area contributed by atoms with Crippen molar-refractivity contribution in [3.8, 4) is 80.6 Å². The van der Waals surface area contributed by atoms with Gasteiger partial charge in [0, 0.05) is 125 Å². The van der Waals surface area contributed by atoms with Gasteiger partial charge in [-0.05, 0) is 292 Å². The third-order valence-electron chi connectivity index (χ3n) is 32.4. The quantitative estimate of drug-likeness (QED) is 0.0598. The largest absolute Gasteiger partial charge is 0.508 e. The van der Waals surface area contributed by atoms with E-state index in [1.807, 2.05) is 148 Å². The number of hydrogen-bond acceptors (Lipinski definition) is 26. The Morgan fingerprint density at radius 3 is 1.05 bits per heavy atom. The maximum atomic E-state index is 16.4. The number of piperidine rings is 4. The van der Waals surface area contributed by atoms with E-state index in [2.05, 4.69) is 83.4 Å². The lowest BCUT2D eigenvalue weighted by molar-refractivity contribution is 0.164. The summed E-state index contributed by atoms with van der Waals surface area (Å²) in [6.07, 6.45) is 26.0. The minimum Gasteiger partial charge on any atom is -0.508 e. The van der Waals surface area contributed by atoms with Crippen molar-refractivity contribution in [3.63, 3.8) is 0 Å². The zero-order valence-corrected chi connectivity index (χ0v) is 84.9. The minimum atomic E-state index is -0.540. The summed E-state index contributed by atoms with van der Waals surface area (Å²) in [7, 11) is 12.1. The zero-order valence-electron chi connectivity index (χ0n) is 84.9. The molecule has 14 heterocycles. The van der Waals surface area contributed by atoms with Gasteiger partial charge in [-0.25, -0.2) is 22.0 Å². The normalized spacial score (nSPS) is 21.8. The van der Waals surface area contributed by atoms with Crippen LogP contribution in [0.25, 0.3) is 132 Å². The highest BCUT2D eigenvalue weighted by molar-refractivity contribution is 6.04. The van der Waals surface area contributed by atoms with E-state index in [0.29, 0.717) is 159 Å². The maximum Gasteiger partial charge on any atom is 0.319 e. The molecule has 148 heavy (non-hydrogen) atoms. The van der Waals surface area contributed by atoms with Gasteiger partial charge in [-0.1, -0.05) is 115 Å². The Hall–Kier alpha value is -13.8. The number of halogens is 5. The molecule has 0 amide bonds. The molecule has 26 nitrogen and oxygen atoms in total. The average molecular weight is 2000 g/mol. The molecule has 4 aliphatic carbocycles. The highest BCUT2D eigenvalue weighted by Gasteiger charge is 2.41. The van der Waals surface area contributed by atoms with Crippen molar-refractivity contribution < 1.29 is 51.1 Å². The Morgan fingerprint density at radius 2 is 0.676 bits per heavy atom. The van der Waals surface area contributed by atoms with Crippen LogP contribution in [0.2, 0.25) is 0 Å². The first-order valence-electron chi connectivity index (χ1n) is 52.8. The first kappa shape index (κ1) is 97.6. The topological polar surface area (TPSA) is 258 Å². The number of rotatable bonds is 22. The SMILES string of the molecule is CN(C)CCOc1nc(N2CC3CCC(C3)C2)c2cnc(-c3cc(O)cc4ccccc34)c(F)c2n1.CN1CCC[C@H]1COc1nc(N2CC3CCC(C3)C2)c2cnc(-c3cccc4ccc(F)cc34)c(F)c2n1.CN1CCC[C@H]1COc1nc(N2CC3CCC(C3)C2)c2cnc(-c3cccc4ccccc34)c(F)c2n1.C[C@H](CN(C)C)Oc1nc(N2CC3CCC(C3)C2)c2cnc(-c3cc(O)cc4ccccc34)c(F)c2n1. The molecule has 6 saturated heterocycles. The van der Waals surface area contributed by atoms with Gasteiger partial charge in [0.05, 0.1) is 21.5 Å². The molecule has 764 valence electrons. The molecule has 31 heteroatoms. The summed E-state index contributed by atoms with van der Waals surface area (Å²) < 4.78 is 104. The second-order valence-corrected chi connectivity index (χ2v) is 43.5. The van der Waals surface area contributed by atoms with Crippen LogP contribution in [0, 0.1) is 76.4 Å². The van der Waals surface area contributed by atoms with Gasteiger partial charge < -0.3 is 68.4 Å². The van der Waals surface area contributed by atoms with Gasteiger partial charge in [-0.15, -0.1) is 0 Å². The summed E-state index contributed by atoms with van der Waals surface area (Å²) in [6.45, 7) is 14.1. The number of anilines is 4. The number of benzene rings is 8.